The minimum atomic E-state index is 1.02. The lowest BCUT2D eigenvalue weighted by Gasteiger charge is -2.17. The van der Waals surface area contributed by atoms with Gasteiger partial charge in [0.15, 0.2) is 0 Å². The van der Waals surface area contributed by atoms with Crippen LogP contribution in [-0.2, 0) is 0 Å². The van der Waals surface area contributed by atoms with Crippen LogP contribution >= 0.6 is 22.6 Å². The number of hydrogen-bond donors (Lipinski definition) is 0. The van der Waals surface area contributed by atoms with Crippen LogP contribution in [0.15, 0.2) is 0 Å². The SMILES string of the molecule is CCC1CCCCCCCCCCCCCCCC(CCCCCCCI)CCCCCCC1. The van der Waals surface area contributed by atoms with Crippen LogP contribution in [0.5, 0.6) is 0 Å². The second-order valence-electron chi connectivity index (χ2n) is 11.9. The minimum Gasteiger partial charge on any atom is -0.0864 e. The van der Waals surface area contributed by atoms with Gasteiger partial charge in [-0.15, -0.1) is 0 Å². The van der Waals surface area contributed by atoms with Gasteiger partial charge in [-0.2, -0.15) is 0 Å². The van der Waals surface area contributed by atoms with Crippen molar-refractivity contribution in [2.75, 3.05) is 4.43 Å². The number of hydrogen-bond acceptors (Lipinski definition) is 0. The Morgan fingerprint density at radius 3 is 1.12 bits per heavy atom. The Bertz CT molecular complexity index is 379. The maximum atomic E-state index is 2.53. The molecule has 2 atom stereocenters. The minimum absolute atomic E-state index is 1.02. The average molecular weight is 589 g/mol. The summed E-state index contributed by atoms with van der Waals surface area (Å²) >= 11 is 2.53. The lowest BCUT2D eigenvalue weighted by atomic mass is 9.89. The molecule has 204 valence electrons. The molecule has 1 aliphatic rings. The second kappa shape index (κ2) is 26.8. The van der Waals surface area contributed by atoms with Gasteiger partial charge >= 0.3 is 0 Å². The van der Waals surface area contributed by atoms with Crippen molar-refractivity contribution in [1.29, 1.82) is 0 Å². The lowest BCUT2D eigenvalue weighted by Crippen LogP contribution is -2.02. The van der Waals surface area contributed by atoms with Crippen molar-refractivity contribution in [1.82, 2.24) is 0 Å². The van der Waals surface area contributed by atoms with Crippen molar-refractivity contribution >= 4 is 22.6 Å². The van der Waals surface area contributed by atoms with Crippen LogP contribution in [0, 0.1) is 11.8 Å². The van der Waals surface area contributed by atoms with Gasteiger partial charge in [-0.25, -0.2) is 0 Å². The average Bonchev–Trinajstić information content (AvgIpc) is 2.85. The Hall–Kier alpha value is 0.730. The van der Waals surface area contributed by atoms with Gasteiger partial charge in [-0.3, -0.25) is 0 Å². The molecule has 0 aromatic heterocycles. The topological polar surface area (TPSA) is 0 Å². The molecular weight excluding hydrogens is 523 g/mol. The predicted molar refractivity (Wildman–Crippen MR) is 165 cm³/mol. The van der Waals surface area contributed by atoms with Gasteiger partial charge in [0.25, 0.3) is 0 Å². The Labute approximate surface area is 231 Å². The number of unbranched alkanes of at least 4 members (excludes halogenated alkanes) is 4. The van der Waals surface area contributed by atoms with E-state index < -0.39 is 0 Å². The molecule has 1 fully saturated rings. The Balaban J connectivity index is 2.31. The zero-order valence-electron chi connectivity index (χ0n) is 23.7. The highest BCUT2D eigenvalue weighted by Gasteiger charge is 2.10. The molecule has 0 amide bonds. The molecule has 0 aromatic rings. The third-order valence-corrected chi connectivity index (χ3v) is 9.54. The normalized spacial score (nSPS) is 24.9. The molecule has 0 heterocycles. The first kappa shape index (κ1) is 32.8. The molecule has 0 nitrogen and oxygen atoms in total. The monoisotopic (exact) mass is 588 g/mol. The summed E-state index contributed by atoms with van der Waals surface area (Å²) in [5, 5.41) is 0. The highest BCUT2D eigenvalue weighted by Crippen LogP contribution is 2.26. The molecular formula is C33H65I. The molecule has 34 heavy (non-hydrogen) atoms. The molecule has 0 aromatic carbocycles. The van der Waals surface area contributed by atoms with Crippen molar-refractivity contribution in [3.63, 3.8) is 0 Å². The van der Waals surface area contributed by atoms with Gasteiger partial charge in [-0.05, 0) is 22.7 Å². The van der Waals surface area contributed by atoms with Crippen LogP contribution in [0.4, 0.5) is 0 Å². The molecule has 0 spiro atoms. The van der Waals surface area contributed by atoms with E-state index in [1.54, 1.807) is 0 Å². The number of rotatable bonds is 8. The van der Waals surface area contributed by atoms with Gasteiger partial charge in [0.1, 0.15) is 0 Å². The van der Waals surface area contributed by atoms with Crippen LogP contribution in [0.25, 0.3) is 0 Å². The smallest absolute Gasteiger partial charge is 0.000473 e. The third kappa shape index (κ3) is 22.0. The van der Waals surface area contributed by atoms with E-state index in [1.165, 1.54) is 191 Å². The first-order valence-electron chi connectivity index (χ1n) is 16.4. The molecule has 1 rings (SSSR count). The van der Waals surface area contributed by atoms with E-state index in [2.05, 4.69) is 29.5 Å². The molecule has 0 saturated heterocycles. The molecule has 0 radical (unpaired) electrons. The predicted octanol–water partition coefficient (Wildman–Crippen LogP) is 13.0. The van der Waals surface area contributed by atoms with E-state index in [9.17, 15) is 0 Å². The molecule has 0 aliphatic heterocycles. The van der Waals surface area contributed by atoms with E-state index in [0.717, 1.165) is 11.8 Å². The van der Waals surface area contributed by atoms with Gasteiger partial charge in [0, 0.05) is 0 Å². The number of halogens is 1. The molecule has 1 aliphatic carbocycles. The fraction of sp³-hybridized carbons (Fsp3) is 1.00. The summed E-state index contributed by atoms with van der Waals surface area (Å²) in [5.74, 6) is 2.06. The van der Waals surface area contributed by atoms with E-state index in [4.69, 9.17) is 0 Å². The van der Waals surface area contributed by atoms with Gasteiger partial charge in [-0.1, -0.05) is 209 Å². The second-order valence-corrected chi connectivity index (χ2v) is 13.0. The zero-order valence-corrected chi connectivity index (χ0v) is 25.9. The first-order valence-corrected chi connectivity index (χ1v) is 17.9. The quantitative estimate of drug-likeness (QED) is 0.150. The van der Waals surface area contributed by atoms with E-state index >= 15 is 0 Å². The molecule has 0 bridgehead atoms. The summed E-state index contributed by atoms with van der Waals surface area (Å²) in [5.41, 5.74) is 0. The van der Waals surface area contributed by atoms with Gasteiger partial charge in [0.2, 0.25) is 0 Å². The van der Waals surface area contributed by atoms with Gasteiger partial charge in [0.05, 0.1) is 0 Å². The van der Waals surface area contributed by atoms with Crippen molar-refractivity contribution in [2.24, 2.45) is 11.8 Å². The van der Waals surface area contributed by atoms with E-state index in [1.807, 2.05) is 0 Å². The summed E-state index contributed by atoms with van der Waals surface area (Å²) in [6, 6.07) is 0. The summed E-state index contributed by atoms with van der Waals surface area (Å²) in [7, 11) is 0. The highest BCUT2D eigenvalue weighted by molar-refractivity contribution is 14.1. The van der Waals surface area contributed by atoms with Gasteiger partial charge < -0.3 is 0 Å². The summed E-state index contributed by atoms with van der Waals surface area (Å²) in [6.07, 6.45) is 43.4. The molecule has 0 N–H and O–H groups in total. The standard InChI is InChI=1S/C33H65I/c1-2-32-26-20-14-10-8-6-4-3-5-7-9-11-15-22-28-33(29-23-17-12-16-21-27-32)30-24-18-13-19-25-31-34/h32-33H,2-31H2,1H3. The van der Waals surface area contributed by atoms with E-state index in [-0.39, 0.29) is 0 Å². The highest BCUT2D eigenvalue weighted by atomic mass is 127. The van der Waals surface area contributed by atoms with Crippen molar-refractivity contribution in [3.8, 4) is 0 Å². The Kier molecular flexibility index (Phi) is 25.8. The Morgan fingerprint density at radius 1 is 0.412 bits per heavy atom. The number of alkyl halides is 1. The molecule has 1 heteroatoms. The third-order valence-electron chi connectivity index (χ3n) is 8.77. The summed E-state index contributed by atoms with van der Waals surface area (Å²) in [4.78, 5) is 0. The first-order chi connectivity index (χ1) is 16.9. The fourth-order valence-corrected chi connectivity index (χ4v) is 6.79. The Morgan fingerprint density at radius 2 is 0.735 bits per heavy atom. The molecule has 1 saturated carbocycles. The maximum absolute atomic E-state index is 2.53. The summed E-state index contributed by atoms with van der Waals surface area (Å²) < 4.78 is 1.35. The van der Waals surface area contributed by atoms with E-state index in [0.29, 0.717) is 0 Å². The van der Waals surface area contributed by atoms with Crippen LogP contribution in [-0.4, -0.2) is 4.43 Å². The fourth-order valence-electron chi connectivity index (χ4n) is 6.25. The van der Waals surface area contributed by atoms with Crippen LogP contribution in [0.1, 0.15) is 193 Å². The van der Waals surface area contributed by atoms with Crippen LogP contribution < -0.4 is 0 Å². The van der Waals surface area contributed by atoms with Crippen LogP contribution in [0.2, 0.25) is 0 Å². The van der Waals surface area contributed by atoms with Crippen molar-refractivity contribution in [2.45, 2.75) is 193 Å². The zero-order chi connectivity index (χ0) is 24.4. The van der Waals surface area contributed by atoms with Crippen LogP contribution in [0.3, 0.4) is 0 Å². The maximum Gasteiger partial charge on any atom is -0.000473 e. The largest absolute Gasteiger partial charge is 0.0864 e. The lowest BCUT2D eigenvalue weighted by molar-refractivity contribution is 0.362. The van der Waals surface area contributed by atoms with Crippen molar-refractivity contribution in [3.05, 3.63) is 0 Å². The molecule has 2 unspecified atom stereocenters. The van der Waals surface area contributed by atoms with Crippen molar-refractivity contribution < 1.29 is 0 Å². The summed E-state index contributed by atoms with van der Waals surface area (Å²) in [6.45, 7) is 2.43.